The Balaban J connectivity index is 2.81. The van der Waals surface area contributed by atoms with Crippen molar-refractivity contribution in [3.8, 4) is 0 Å². The van der Waals surface area contributed by atoms with Crippen LogP contribution in [0.5, 0.6) is 0 Å². The van der Waals surface area contributed by atoms with Crippen LogP contribution in [-0.2, 0) is 13.1 Å². The zero-order valence-electron chi connectivity index (χ0n) is 13.8. The van der Waals surface area contributed by atoms with Crippen LogP contribution >= 0.6 is 0 Å². The maximum absolute atomic E-state index is 14.0. The van der Waals surface area contributed by atoms with Gasteiger partial charge in [-0.3, -0.25) is 4.90 Å². The average Bonchev–Trinajstić information content (AvgIpc) is 2.34. The first-order chi connectivity index (χ1) is 9.23. The third-order valence-electron chi connectivity index (χ3n) is 3.44. The van der Waals surface area contributed by atoms with Crippen molar-refractivity contribution in [1.29, 1.82) is 0 Å². The second-order valence-electron chi connectivity index (χ2n) is 6.69. The summed E-state index contributed by atoms with van der Waals surface area (Å²) >= 11 is 0. The van der Waals surface area contributed by atoms with Gasteiger partial charge >= 0.3 is 0 Å². The summed E-state index contributed by atoms with van der Waals surface area (Å²) in [6, 6.07) is 5.86. The van der Waals surface area contributed by atoms with Crippen LogP contribution < -0.4 is 5.32 Å². The third kappa shape index (κ3) is 5.59. The summed E-state index contributed by atoms with van der Waals surface area (Å²) in [5.41, 5.74) is 1.99. The monoisotopic (exact) mass is 280 g/mol. The van der Waals surface area contributed by atoms with Gasteiger partial charge < -0.3 is 5.32 Å². The fourth-order valence-corrected chi connectivity index (χ4v) is 2.10. The summed E-state index contributed by atoms with van der Waals surface area (Å²) in [4.78, 5) is 2.26. The van der Waals surface area contributed by atoms with Gasteiger partial charge in [-0.15, -0.1) is 0 Å². The smallest absolute Gasteiger partial charge is 0.127 e. The first kappa shape index (κ1) is 17.1. The molecule has 0 spiro atoms. The van der Waals surface area contributed by atoms with Crippen LogP contribution in [0.15, 0.2) is 18.2 Å². The molecule has 0 heterocycles. The van der Waals surface area contributed by atoms with Crippen LogP contribution in [0.4, 0.5) is 4.39 Å². The normalized spacial score (nSPS) is 12.4. The minimum atomic E-state index is -0.108. The lowest BCUT2D eigenvalue weighted by molar-refractivity contribution is 0.222. The maximum atomic E-state index is 14.0. The van der Waals surface area contributed by atoms with Crippen molar-refractivity contribution in [3.63, 3.8) is 0 Å². The molecule has 1 aromatic carbocycles. The molecule has 0 fully saturated rings. The zero-order valence-corrected chi connectivity index (χ0v) is 13.8. The molecule has 114 valence electrons. The lowest BCUT2D eigenvalue weighted by Gasteiger charge is -2.25. The van der Waals surface area contributed by atoms with E-state index in [2.05, 4.69) is 51.8 Å². The van der Waals surface area contributed by atoms with E-state index in [-0.39, 0.29) is 11.4 Å². The van der Waals surface area contributed by atoms with Crippen LogP contribution in [0.3, 0.4) is 0 Å². The van der Waals surface area contributed by atoms with Gasteiger partial charge in [0.1, 0.15) is 5.82 Å². The topological polar surface area (TPSA) is 15.3 Å². The highest BCUT2D eigenvalue weighted by Crippen LogP contribution is 2.15. The van der Waals surface area contributed by atoms with Crippen molar-refractivity contribution < 1.29 is 4.39 Å². The van der Waals surface area contributed by atoms with Crippen molar-refractivity contribution in [3.05, 3.63) is 35.1 Å². The van der Waals surface area contributed by atoms with E-state index >= 15 is 0 Å². The molecule has 0 atom stereocenters. The van der Waals surface area contributed by atoms with Gasteiger partial charge in [0.2, 0.25) is 0 Å². The Bertz CT molecular complexity index is 421. The lowest BCUT2D eigenvalue weighted by atomic mass is 10.1. The fraction of sp³-hybridized carbons (Fsp3) is 0.647. The largest absolute Gasteiger partial charge is 0.308 e. The average molecular weight is 280 g/mol. The number of halogens is 1. The van der Waals surface area contributed by atoms with Crippen molar-refractivity contribution in [2.24, 2.45) is 0 Å². The molecule has 0 aliphatic rings. The summed E-state index contributed by atoms with van der Waals surface area (Å²) in [5.74, 6) is -0.108. The predicted octanol–water partition coefficient (Wildman–Crippen LogP) is 3.94. The number of hydrogen-bond donors (Lipinski definition) is 1. The van der Waals surface area contributed by atoms with Crippen LogP contribution in [-0.4, -0.2) is 23.0 Å². The fourth-order valence-electron chi connectivity index (χ4n) is 2.10. The number of nitrogens with zero attached hydrogens (tertiary/aromatic N) is 1. The quantitative estimate of drug-likeness (QED) is 0.849. The van der Waals surface area contributed by atoms with Crippen LogP contribution in [0.2, 0.25) is 0 Å². The summed E-state index contributed by atoms with van der Waals surface area (Å²) < 4.78 is 14.0. The van der Waals surface area contributed by atoms with E-state index in [1.807, 2.05) is 12.1 Å². The standard InChI is InChI=1S/C17H29FN2/c1-7-20(13(2)3)12-15-10-14(8-9-16(15)18)11-19-17(4,5)6/h8-10,13,19H,7,11-12H2,1-6H3. The van der Waals surface area contributed by atoms with E-state index in [1.165, 1.54) is 0 Å². The molecule has 0 unspecified atom stereocenters. The third-order valence-corrected chi connectivity index (χ3v) is 3.44. The Hall–Kier alpha value is -0.930. The molecule has 0 aliphatic carbocycles. The molecule has 0 saturated carbocycles. The maximum Gasteiger partial charge on any atom is 0.127 e. The summed E-state index contributed by atoms with van der Waals surface area (Å²) in [7, 11) is 0. The molecular weight excluding hydrogens is 251 g/mol. The number of hydrogen-bond acceptors (Lipinski definition) is 2. The lowest BCUT2D eigenvalue weighted by Crippen LogP contribution is -2.35. The van der Waals surface area contributed by atoms with Crippen LogP contribution in [0.25, 0.3) is 0 Å². The minimum Gasteiger partial charge on any atom is -0.308 e. The Morgan fingerprint density at radius 2 is 1.90 bits per heavy atom. The van der Waals surface area contributed by atoms with E-state index in [0.29, 0.717) is 12.6 Å². The molecule has 0 bridgehead atoms. The van der Waals surface area contributed by atoms with Gasteiger partial charge in [0.05, 0.1) is 0 Å². The van der Waals surface area contributed by atoms with Crippen LogP contribution in [0.1, 0.15) is 52.7 Å². The molecule has 20 heavy (non-hydrogen) atoms. The van der Waals surface area contributed by atoms with Gasteiger partial charge in [0.15, 0.2) is 0 Å². The van der Waals surface area contributed by atoms with Crippen molar-refractivity contribution in [2.45, 2.75) is 66.2 Å². The van der Waals surface area contributed by atoms with Gasteiger partial charge in [-0.25, -0.2) is 4.39 Å². The van der Waals surface area contributed by atoms with E-state index in [0.717, 1.165) is 24.2 Å². The molecule has 0 amide bonds. The van der Waals surface area contributed by atoms with Gasteiger partial charge in [-0.1, -0.05) is 19.1 Å². The molecule has 0 aromatic heterocycles. The van der Waals surface area contributed by atoms with Gasteiger partial charge in [-0.2, -0.15) is 0 Å². The highest BCUT2D eigenvalue weighted by atomic mass is 19.1. The first-order valence-corrected chi connectivity index (χ1v) is 7.49. The summed E-state index contributed by atoms with van der Waals surface area (Å²) in [5, 5.41) is 3.44. The second kappa shape index (κ2) is 7.19. The Labute approximate surface area is 123 Å². The second-order valence-corrected chi connectivity index (χ2v) is 6.69. The molecule has 0 saturated heterocycles. The number of benzene rings is 1. The molecule has 1 N–H and O–H groups in total. The van der Waals surface area contributed by atoms with E-state index < -0.39 is 0 Å². The first-order valence-electron chi connectivity index (χ1n) is 7.49. The van der Waals surface area contributed by atoms with Gasteiger partial charge in [0.25, 0.3) is 0 Å². The SMILES string of the molecule is CCN(Cc1cc(CNC(C)(C)C)ccc1F)C(C)C. The number of nitrogens with one attached hydrogen (secondary N) is 1. The molecule has 0 radical (unpaired) electrons. The molecule has 0 aliphatic heterocycles. The zero-order chi connectivity index (χ0) is 15.3. The predicted molar refractivity (Wildman–Crippen MR) is 84.2 cm³/mol. The Morgan fingerprint density at radius 1 is 1.25 bits per heavy atom. The highest BCUT2D eigenvalue weighted by Gasteiger charge is 2.13. The molecule has 1 aromatic rings. The Kier molecular flexibility index (Phi) is 6.15. The summed E-state index contributed by atoms with van der Waals surface area (Å²) in [6.07, 6.45) is 0. The van der Waals surface area contributed by atoms with Crippen molar-refractivity contribution in [1.82, 2.24) is 10.2 Å². The molecular formula is C17H29FN2. The van der Waals surface area contributed by atoms with Crippen LogP contribution in [0, 0.1) is 5.82 Å². The Morgan fingerprint density at radius 3 is 2.40 bits per heavy atom. The molecule has 3 heteroatoms. The van der Waals surface area contributed by atoms with Crippen molar-refractivity contribution in [2.75, 3.05) is 6.54 Å². The van der Waals surface area contributed by atoms with Crippen molar-refractivity contribution >= 4 is 0 Å². The highest BCUT2D eigenvalue weighted by molar-refractivity contribution is 5.25. The number of rotatable bonds is 6. The van der Waals surface area contributed by atoms with Gasteiger partial charge in [-0.05, 0) is 52.8 Å². The minimum absolute atomic E-state index is 0.0714. The summed E-state index contributed by atoms with van der Waals surface area (Å²) in [6.45, 7) is 15.2. The molecule has 2 nitrogen and oxygen atoms in total. The van der Waals surface area contributed by atoms with E-state index in [9.17, 15) is 4.39 Å². The molecule has 1 rings (SSSR count). The van der Waals surface area contributed by atoms with Gasteiger partial charge in [0, 0.05) is 30.2 Å². The van der Waals surface area contributed by atoms with E-state index in [4.69, 9.17) is 0 Å². The van der Waals surface area contributed by atoms with E-state index in [1.54, 1.807) is 6.07 Å².